The third-order valence-corrected chi connectivity index (χ3v) is 4.13. The van der Waals surface area contributed by atoms with Crippen LogP contribution in [0.4, 0.5) is 0 Å². The zero-order chi connectivity index (χ0) is 13.7. The van der Waals surface area contributed by atoms with Gasteiger partial charge in [-0.15, -0.1) is 0 Å². The number of hydrogen-bond donors (Lipinski definition) is 1. The van der Waals surface area contributed by atoms with Gasteiger partial charge >= 0.3 is 0 Å². The minimum Gasteiger partial charge on any atom is -0.309 e. The first kappa shape index (κ1) is 14.5. The van der Waals surface area contributed by atoms with E-state index in [9.17, 15) is 0 Å². The second-order valence-corrected chi connectivity index (χ2v) is 5.68. The summed E-state index contributed by atoms with van der Waals surface area (Å²) in [5.41, 5.74) is 2.79. The molecule has 1 saturated heterocycles. The molecule has 1 N–H and O–H groups in total. The fraction of sp³-hybridized carbons (Fsp3) is 0.625. The van der Waals surface area contributed by atoms with Gasteiger partial charge in [0.25, 0.3) is 0 Å². The molecule has 0 aromatic heterocycles. The molecule has 1 heterocycles. The Morgan fingerprint density at radius 3 is 2.53 bits per heavy atom. The van der Waals surface area contributed by atoms with E-state index in [0.717, 1.165) is 13.1 Å². The summed E-state index contributed by atoms with van der Waals surface area (Å²) in [6, 6.07) is 9.09. The Morgan fingerprint density at radius 1 is 1.16 bits per heavy atom. The predicted molar refractivity (Wildman–Crippen MR) is 81.5 cm³/mol. The SMILES string of the molecule is Cc1ccccc1C(C)NCCN1CCN(C)CC1. The fourth-order valence-corrected chi connectivity index (χ4v) is 2.69. The zero-order valence-electron chi connectivity index (χ0n) is 12.5. The highest BCUT2D eigenvalue weighted by Gasteiger charge is 2.13. The van der Waals surface area contributed by atoms with Crippen molar-refractivity contribution in [3.8, 4) is 0 Å². The summed E-state index contributed by atoms with van der Waals surface area (Å²) in [6.07, 6.45) is 0. The van der Waals surface area contributed by atoms with Crippen molar-refractivity contribution in [2.24, 2.45) is 0 Å². The maximum atomic E-state index is 3.64. The number of nitrogens with zero attached hydrogens (tertiary/aromatic N) is 2. The van der Waals surface area contributed by atoms with Crippen LogP contribution in [0.1, 0.15) is 24.1 Å². The van der Waals surface area contributed by atoms with Gasteiger partial charge in [0.1, 0.15) is 0 Å². The molecule has 19 heavy (non-hydrogen) atoms. The van der Waals surface area contributed by atoms with Gasteiger partial charge in [0.15, 0.2) is 0 Å². The molecule has 3 heteroatoms. The van der Waals surface area contributed by atoms with Gasteiger partial charge in [-0.3, -0.25) is 4.90 Å². The first-order chi connectivity index (χ1) is 9.16. The summed E-state index contributed by atoms with van der Waals surface area (Å²) in [4.78, 5) is 4.96. The second kappa shape index (κ2) is 7.04. The predicted octanol–water partition coefficient (Wildman–Crippen LogP) is 1.89. The monoisotopic (exact) mass is 261 g/mol. The van der Waals surface area contributed by atoms with E-state index in [1.165, 1.54) is 37.3 Å². The number of rotatable bonds is 5. The van der Waals surface area contributed by atoms with Crippen LogP contribution in [0.15, 0.2) is 24.3 Å². The topological polar surface area (TPSA) is 18.5 Å². The highest BCUT2D eigenvalue weighted by atomic mass is 15.2. The van der Waals surface area contributed by atoms with Crippen LogP contribution in [0, 0.1) is 6.92 Å². The normalized spacial score (nSPS) is 19.5. The van der Waals surface area contributed by atoms with Gasteiger partial charge in [0.2, 0.25) is 0 Å². The molecule has 0 aliphatic carbocycles. The number of piperazine rings is 1. The fourth-order valence-electron chi connectivity index (χ4n) is 2.69. The molecule has 0 amide bonds. The molecule has 1 aliphatic rings. The molecule has 1 aliphatic heterocycles. The smallest absolute Gasteiger partial charge is 0.0294 e. The maximum absolute atomic E-state index is 3.64. The van der Waals surface area contributed by atoms with E-state index in [1.54, 1.807) is 0 Å². The Kier molecular flexibility index (Phi) is 5.37. The molecular formula is C16H27N3. The lowest BCUT2D eigenvalue weighted by Crippen LogP contribution is -2.46. The van der Waals surface area contributed by atoms with Crippen molar-refractivity contribution in [2.75, 3.05) is 46.3 Å². The van der Waals surface area contributed by atoms with Gasteiger partial charge < -0.3 is 10.2 Å². The first-order valence-corrected chi connectivity index (χ1v) is 7.36. The second-order valence-electron chi connectivity index (χ2n) is 5.68. The highest BCUT2D eigenvalue weighted by molar-refractivity contribution is 5.28. The Bertz CT molecular complexity index is 383. The summed E-state index contributed by atoms with van der Waals surface area (Å²) in [5, 5.41) is 3.64. The van der Waals surface area contributed by atoms with Crippen LogP contribution >= 0.6 is 0 Å². The number of benzene rings is 1. The van der Waals surface area contributed by atoms with Crippen molar-refractivity contribution >= 4 is 0 Å². The van der Waals surface area contributed by atoms with E-state index in [2.05, 4.69) is 60.3 Å². The number of aryl methyl sites for hydroxylation is 1. The van der Waals surface area contributed by atoms with Gasteiger partial charge in [-0.1, -0.05) is 24.3 Å². The molecule has 106 valence electrons. The van der Waals surface area contributed by atoms with E-state index < -0.39 is 0 Å². The molecule has 2 rings (SSSR count). The molecule has 1 aromatic rings. The van der Waals surface area contributed by atoms with Crippen LogP contribution in [0.2, 0.25) is 0 Å². The number of hydrogen-bond acceptors (Lipinski definition) is 3. The Morgan fingerprint density at radius 2 is 1.84 bits per heavy atom. The van der Waals surface area contributed by atoms with Gasteiger partial charge in [0, 0.05) is 45.3 Å². The Labute approximate surface area is 117 Å². The molecule has 1 atom stereocenters. The molecular weight excluding hydrogens is 234 g/mol. The first-order valence-electron chi connectivity index (χ1n) is 7.36. The third-order valence-electron chi connectivity index (χ3n) is 4.13. The summed E-state index contributed by atoms with van der Waals surface area (Å²) in [7, 11) is 2.20. The van der Waals surface area contributed by atoms with Crippen LogP contribution in [-0.2, 0) is 0 Å². The third kappa shape index (κ3) is 4.30. The van der Waals surface area contributed by atoms with E-state index >= 15 is 0 Å². The molecule has 0 saturated carbocycles. The van der Waals surface area contributed by atoms with Crippen molar-refractivity contribution in [1.29, 1.82) is 0 Å². The van der Waals surface area contributed by atoms with E-state index in [-0.39, 0.29) is 0 Å². The lowest BCUT2D eigenvalue weighted by atomic mass is 10.0. The van der Waals surface area contributed by atoms with Gasteiger partial charge in [-0.05, 0) is 32.0 Å². The van der Waals surface area contributed by atoms with Gasteiger partial charge in [-0.2, -0.15) is 0 Å². The van der Waals surface area contributed by atoms with Crippen molar-refractivity contribution in [3.05, 3.63) is 35.4 Å². The molecule has 0 bridgehead atoms. The summed E-state index contributed by atoms with van der Waals surface area (Å²) < 4.78 is 0. The van der Waals surface area contributed by atoms with Gasteiger partial charge in [0.05, 0.1) is 0 Å². The van der Waals surface area contributed by atoms with Crippen LogP contribution in [0.3, 0.4) is 0 Å². The molecule has 0 radical (unpaired) electrons. The Balaban J connectivity index is 1.72. The van der Waals surface area contributed by atoms with E-state index in [0.29, 0.717) is 6.04 Å². The van der Waals surface area contributed by atoms with Crippen molar-refractivity contribution in [1.82, 2.24) is 15.1 Å². The summed E-state index contributed by atoms with van der Waals surface area (Å²) >= 11 is 0. The summed E-state index contributed by atoms with van der Waals surface area (Å²) in [6.45, 7) is 11.5. The average molecular weight is 261 g/mol. The maximum Gasteiger partial charge on any atom is 0.0294 e. The van der Waals surface area contributed by atoms with E-state index in [4.69, 9.17) is 0 Å². The molecule has 1 aromatic carbocycles. The molecule has 1 fully saturated rings. The Hall–Kier alpha value is -0.900. The van der Waals surface area contributed by atoms with Crippen LogP contribution in [-0.4, -0.2) is 56.1 Å². The number of likely N-dealkylation sites (N-methyl/N-ethyl adjacent to an activating group) is 1. The molecule has 1 unspecified atom stereocenters. The molecule has 0 spiro atoms. The largest absolute Gasteiger partial charge is 0.309 e. The van der Waals surface area contributed by atoms with Crippen molar-refractivity contribution in [3.63, 3.8) is 0 Å². The quantitative estimate of drug-likeness (QED) is 0.873. The number of nitrogens with one attached hydrogen (secondary N) is 1. The minimum absolute atomic E-state index is 0.439. The van der Waals surface area contributed by atoms with Crippen molar-refractivity contribution < 1.29 is 0 Å². The van der Waals surface area contributed by atoms with Crippen molar-refractivity contribution in [2.45, 2.75) is 19.9 Å². The van der Waals surface area contributed by atoms with Crippen LogP contribution in [0.5, 0.6) is 0 Å². The highest BCUT2D eigenvalue weighted by Crippen LogP contribution is 2.16. The van der Waals surface area contributed by atoms with E-state index in [1.807, 2.05) is 0 Å². The van der Waals surface area contributed by atoms with Crippen LogP contribution < -0.4 is 5.32 Å². The average Bonchev–Trinajstić information content (AvgIpc) is 2.41. The lowest BCUT2D eigenvalue weighted by Gasteiger charge is -2.32. The summed E-state index contributed by atoms with van der Waals surface area (Å²) in [5.74, 6) is 0. The zero-order valence-corrected chi connectivity index (χ0v) is 12.5. The lowest BCUT2D eigenvalue weighted by molar-refractivity contribution is 0.154. The molecule has 3 nitrogen and oxygen atoms in total. The minimum atomic E-state index is 0.439. The van der Waals surface area contributed by atoms with Crippen LogP contribution in [0.25, 0.3) is 0 Å². The van der Waals surface area contributed by atoms with Gasteiger partial charge in [-0.25, -0.2) is 0 Å². The standard InChI is InChI=1S/C16H27N3/c1-14-6-4-5-7-16(14)15(2)17-8-9-19-12-10-18(3)11-13-19/h4-7,15,17H,8-13H2,1-3H3.